The standard InChI is InChI=1S/C11H15NO2S/c13-9-2-1-3-11(6-9)15-8-10-7-12-4-5-14-10/h1-3,6,10,12-13H,4-5,7-8H2. The van der Waals surface area contributed by atoms with Crippen LogP contribution in [0.4, 0.5) is 0 Å². The molecule has 1 aromatic carbocycles. The second-order valence-corrected chi connectivity index (χ2v) is 4.60. The van der Waals surface area contributed by atoms with Gasteiger partial charge in [0.25, 0.3) is 0 Å². The molecule has 0 aliphatic carbocycles. The summed E-state index contributed by atoms with van der Waals surface area (Å²) in [6, 6.07) is 7.32. The number of hydrogen-bond acceptors (Lipinski definition) is 4. The summed E-state index contributed by atoms with van der Waals surface area (Å²) in [6.07, 6.45) is 0.283. The quantitative estimate of drug-likeness (QED) is 0.764. The number of ether oxygens (including phenoxy) is 1. The van der Waals surface area contributed by atoms with Crippen molar-refractivity contribution >= 4 is 11.8 Å². The number of nitrogens with one attached hydrogen (secondary N) is 1. The first kappa shape index (κ1) is 10.8. The highest BCUT2D eigenvalue weighted by Gasteiger charge is 2.13. The SMILES string of the molecule is Oc1cccc(SCC2CNCCO2)c1. The van der Waals surface area contributed by atoms with Gasteiger partial charge in [0.2, 0.25) is 0 Å². The van der Waals surface area contributed by atoms with Crippen LogP contribution in [-0.2, 0) is 4.74 Å². The molecule has 1 fully saturated rings. The van der Waals surface area contributed by atoms with Gasteiger partial charge in [0.1, 0.15) is 5.75 Å². The molecule has 0 aromatic heterocycles. The summed E-state index contributed by atoms with van der Waals surface area (Å²) in [5.41, 5.74) is 0. The van der Waals surface area contributed by atoms with Crippen molar-refractivity contribution < 1.29 is 9.84 Å². The van der Waals surface area contributed by atoms with Crippen LogP contribution < -0.4 is 5.32 Å². The van der Waals surface area contributed by atoms with E-state index in [0.717, 1.165) is 30.3 Å². The van der Waals surface area contributed by atoms with Crippen molar-refractivity contribution in [3.8, 4) is 5.75 Å². The first-order valence-corrected chi connectivity index (χ1v) is 6.07. The van der Waals surface area contributed by atoms with Crippen molar-refractivity contribution in [2.24, 2.45) is 0 Å². The Morgan fingerprint density at radius 3 is 3.20 bits per heavy atom. The minimum absolute atomic E-state index is 0.283. The molecule has 0 radical (unpaired) electrons. The average Bonchev–Trinajstić information content (AvgIpc) is 2.28. The zero-order valence-electron chi connectivity index (χ0n) is 8.48. The van der Waals surface area contributed by atoms with E-state index < -0.39 is 0 Å². The average molecular weight is 225 g/mol. The smallest absolute Gasteiger partial charge is 0.116 e. The molecule has 2 rings (SSSR count). The number of morpholine rings is 1. The van der Waals surface area contributed by atoms with Crippen LogP contribution in [0.15, 0.2) is 29.2 Å². The fraction of sp³-hybridized carbons (Fsp3) is 0.455. The maximum Gasteiger partial charge on any atom is 0.116 e. The van der Waals surface area contributed by atoms with Crippen molar-refractivity contribution in [2.75, 3.05) is 25.4 Å². The van der Waals surface area contributed by atoms with Gasteiger partial charge in [-0.1, -0.05) is 6.07 Å². The molecule has 1 saturated heterocycles. The first-order valence-electron chi connectivity index (χ1n) is 5.09. The molecule has 1 atom stereocenters. The van der Waals surface area contributed by atoms with Crippen LogP contribution in [0, 0.1) is 0 Å². The lowest BCUT2D eigenvalue weighted by atomic mass is 10.3. The highest BCUT2D eigenvalue weighted by atomic mass is 32.2. The molecule has 15 heavy (non-hydrogen) atoms. The van der Waals surface area contributed by atoms with E-state index in [1.807, 2.05) is 12.1 Å². The maximum atomic E-state index is 9.29. The van der Waals surface area contributed by atoms with Gasteiger partial charge in [-0.3, -0.25) is 0 Å². The van der Waals surface area contributed by atoms with Crippen LogP contribution in [0.5, 0.6) is 5.75 Å². The lowest BCUT2D eigenvalue weighted by Gasteiger charge is -2.23. The van der Waals surface area contributed by atoms with Gasteiger partial charge in [-0.2, -0.15) is 0 Å². The largest absolute Gasteiger partial charge is 0.508 e. The molecule has 1 aliphatic heterocycles. The Bertz CT molecular complexity index is 313. The second-order valence-electron chi connectivity index (χ2n) is 3.51. The Morgan fingerprint density at radius 1 is 1.53 bits per heavy atom. The van der Waals surface area contributed by atoms with Gasteiger partial charge in [0.05, 0.1) is 12.7 Å². The van der Waals surface area contributed by atoms with E-state index in [1.165, 1.54) is 0 Å². The molecule has 1 aromatic rings. The lowest BCUT2D eigenvalue weighted by Crippen LogP contribution is -2.39. The molecular formula is C11H15NO2S. The Kier molecular flexibility index (Phi) is 3.88. The van der Waals surface area contributed by atoms with E-state index in [9.17, 15) is 5.11 Å². The van der Waals surface area contributed by atoms with Crippen LogP contribution in [0.3, 0.4) is 0 Å². The van der Waals surface area contributed by atoms with Gasteiger partial charge in [-0.25, -0.2) is 0 Å². The minimum Gasteiger partial charge on any atom is -0.508 e. The van der Waals surface area contributed by atoms with Gasteiger partial charge >= 0.3 is 0 Å². The number of benzene rings is 1. The van der Waals surface area contributed by atoms with E-state index in [2.05, 4.69) is 5.32 Å². The highest BCUT2D eigenvalue weighted by Crippen LogP contribution is 2.23. The van der Waals surface area contributed by atoms with E-state index in [-0.39, 0.29) is 6.10 Å². The van der Waals surface area contributed by atoms with Crippen molar-refractivity contribution in [1.82, 2.24) is 5.32 Å². The van der Waals surface area contributed by atoms with Gasteiger partial charge < -0.3 is 15.2 Å². The Hall–Kier alpha value is -0.710. The number of phenolic OH excluding ortho intramolecular Hbond substituents is 1. The summed E-state index contributed by atoms with van der Waals surface area (Å²) in [5.74, 6) is 1.25. The summed E-state index contributed by atoms with van der Waals surface area (Å²) >= 11 is 1.72. The summed E-state index contributed by atoms with van der Waals surface area (Å²) in [6.45, 7) is 2.67. The third-order valence-electron chi connectivity index (χ3n) is 2.26. The third kappa shape index (κ3) is 3.41. The van der Waals surface area contributed by atoms with Crippen molar-refractivity contribution in [3.63, 3.8) is 0 Å². The van der Waals surface area contributed by atoms with Crippen molar-refractivity contribution in [2.45, 2.75) is 11.0 Å². The van der Waals surface area contributed by atoms with Gasteiger partial charge in [0, 0.05) is 23.7 Å². The zero-order chi connectivity index (χ0) is 10.5. The third-order valence-corrected chi connectivity index (χ3v) is 3.38. The minimum atomic E-state index is 0.283. The van der Waals surface area contributed by atoms with Crippen LogP contribution in [0.1, 0.15) is 0 Å². The summed E-state index contributed by atoms with van der Waals surface area (Å²) in [7, 11) is 0. The number of phenols is 1. The molecule has 0 saturated carbocycles. The van der Waals surface area contributed by atoms with E-state index in [0.29, 0.717) is 5.75 Å². The predicted octanol–water partition coefficient (Wildman–Crippen LogP) is 1.47. The second kappa shape index (κ2) is 5.39. The van der Waals surface area contributed by atoms with E-state index in [1.54, 1.807) is 23.9 Å². The lowest BCUT2D eigenvalue weighted by molar-refractivity contribution is 0.0441. The zero-order valence-corrected chi connectivity index (χ0v) is 9.30. The van der Waals surface area contributed by atoms with Crippen LogP contribution in [0.25, 0.3) is 0 Å². The number of rotatable bonds is 3. The van der Waals surface area contributed by atoms with Crippen molar-refractivity contribution in [1.29, 1.82) is 0 Å². The number of aromatic hydroxyl groups is 1. The molecule has 4 heteroatoms. The maximum absolute atomic E-state index is 9.29. The topological polar surface area (TPSA) is 41.5 Å². The fourth-order valence-electron chi connectivity index (χ4n) is 1.49. The molecule has 1 unspecified atom stereocenters. The Morgan fingerprint density at radius 2 is 2.47 bits per heavy atom. The molecule has 1 aliphatic rings. The molecular weight excluding hydrogens is 210 g/mol. The molecule has 2 N–H and O–H groups in total. The van der Waals surface area contributed by atoms with Crippen LogP contribution in [0.2, 0.25) is 0 Å². The van der Waals surface area contributed by atoms with Gasteiger partial charge in [0.15, 0.2) is 0 Å². The van der Waals surface area contributed by atoms with E-state index >= 15 is 0 Å². The van der Waals surface area contributed by atoms with Crippen LogP contribution in [-0.4, -0.2) is 36.7 Å². The summed E-state index contributed by atoms with van der Waals surface area (Å²) in [5, 5.41) is 12.6. The number of hydrogen-bond donors (Lipinski definition) is 2. The molecule has 3 nitrogen and oxygen atoms in total. The number of thioether (sulfide) groups is 1. The monoisotopic (exact) mass is 225 g/mol. The Labute approximate surface area is 93.8 Å². The molecule has 0 amide bonds. The van der Waals surface area contributed by atoms with Gasteiger partial charge in [-0.15, -0.1) is 11.8 Å². The molecule has 0 spiro atoms. The van der Waals surface area contributed by atoms with Crippen molar-refractivity contribution in [3.05, 3.63) is 24.3 Å². The fourth-order valence-corrected chi connectivity index (χ4v) is 2.46. The highest BCUT2D eigenvalue weighted by molar-refractivity contribution is 7.99. The summed E-state index contributed by atoms with van der Waals surface area (Å²) < 4.78 is 5.58. The van der Waals surface area contributed by atoms with E-state index in [4.69, 9.17) is 4.74 Å². The van der Waals surface area contributed by atoms with Gasteiger partial charge in [-0.05, 0) is 18.2 Å². The molecule has 82 valence electrons. The Balaban J connectivity index is 1.81. The first-order chi connectivity index (χ1) is 7.34. The normalized spacial score (nSPS) is 21.5. The summed E-state index contributed by atoms with van der Waals surface area (Å²) in [4.78, 5) is 1.09. The predicted molar refractivity (Wildman–Crippen MR) is 61.4 cm³/mol. The molecule has 1 heterocycles. The van der Waals surface area contributed by atoms with Crippen LogP contribution >= 0.6 is 11.8 Å². The molecule has 0 bridgehead atoms.